The van der Waals surface area contributed by atoms with Crippen molar-refractivity contribution in [2.45, 2.75) is 0 Å². The Hall–Kier alpha value is 0.432. The second-order valence-electron chi connectivity index (χ2n) is 0.183. The predicted octanol–water partition coefficient (Wildman–Crippen LogP) is 0.670. The fourth-order valence-electron chi connectivity index (χ4n) is 0. The predicted molar refractivity (Wildman–Crippen MR) is 28.9 cm³/mol. The summed E-state index contributed by atoms with van der Waals surface area (Å²) in [4.78, 5) is 0. The zero-order chi connectivity index (χ0) is 5.41. The molecule has 0 heterocycles. The maximum Gasteiger partial charge on any atom is 2.00 e. The molecule has 0 fully saturated rings. The summed E-state index contributed by atoms with van der Waals surface area (Å²) in [5.74, 6) is 0. The minimum absolute atomic E-state index is 0. The van der Waals surface area contributed by atoms with Crippen LogP contribution in [0.3, 0.4) is 0 Å². The van der Waals surface area contributed by atoms with Crippen LogP contribution in [0.2, 0.25) is 0 Å². The molecule has 0 radical (unpaired) electrons. The van der Waals surface area contributed by atoms with E-state index >= 15 is 0 Å². The van der Waals surface area contributed by atoms with Gasteiger partial charge in [-0.15, -0.1) is 0 Å². The van der Waals surface area contributed by atoms with Gasteiger partial charge in [0.1, 0.15) is 0 Å². The Balaban J connectivity index is -0.0000000400. The van der Waals surface area contributed by atoms with Crippen molar-refractivity contribution in [3.8, 4) is 5.40 Å². The summed E-state index contributed by atoms with van der Waals surface area (Å²) < 4.78 is 0. The van der Waals surface area contributed by atoms with Gasteiger partial charge in [-0.1, -0.05) is 17.6 Å². The summed E-state index contributed by atoms with van der Waals surface area (Å²) in [6.07, 6.45) is 0. The first-order chi connectivity index (χ1) is 2.83. The average Bonchev–Trinajstić information content (AvgIpc) is 1.39. The van der Waals surface area contributed by atoms with Gasteiger partial charge in [0.05, 0.1) is 0 Å². The van der Waals surface area contributed by atoms with E-state index in [1.54, 1.807) is 0 Å². The van der Waals surface area contributed by atoms with Gasteiger partial charge in [0, 0.05) is 0 Å². The molecule has 0 amide bonds. The van der Waals surface area contributed by atoms with Crippen LogP contribution in [-0.4, -0.2) is 5.16 Å². The molecule has 0 saturated heterocycles. The third kappa shape index (κ3) is 677. The molecule has 0 aliphatic rings. The van der Waals surface area contributed by atoms with Crippen molar-refractivity contribution in [3.63, 3.8) is 0 Å². The van der Waals surface area contributed by atoms with Crippen LogP contribution in [-0.2, 0) is 39.9 Å². The molecule has 0 spiro atoms. The number of hydrogen-bond acceptors (Lipinski definition) is 3. The molecular formula is C2CdN2S2. The zero-order valence-corrected chi connectivity index (χ0v) is 9.09. The van der Waals surface area contributed by atoms with Gasteiger partial charge in [-0.25, -0.2) is 5.26 Å². The van der Waals surface area contributed by atoms with Gasteiger partial charge < -0.3 is 18.0 Å². The smallest absolute Gasteiger partial charge is 0.753 e. The number of isothiocyanates is 1. The minimum Gasteiger partial charge on any atom is -0.753 e. The quantitative estimate of drug-likeness (QED) is 0.201. The number of thiocarbonyl (C=S) groups is 1. The van der Waals surface area contributed by atoms with Gasteiger partial charge in [0.2, 0.25) is 0 Å². The minimum atomic E-state index is 0. The van der Waals surface area contributed by atoms with E-state index in [9.17, 15) is 0 Å². The second-order valence-corrected chi connectivity index (χ2v) is 0.548. The molecule has 7 heavy (non-hydrogen) atoms. The zero-order valence-electron chi connectivity index (χ0n) is 3.42. The van der Waals surface area contributed by atoms with Crippen LogP contribution in [0.15, 0.2) is 0 Å². The fraction of sp³-hybridized carbons (Fsp3) is 0. The van der Waals surface area contributed by atoms with Crippen molar-refractivity contribution in [3.05, 3.63) is 5.41 Å². The van der Waals surface area contributed by atoms with E-state index in [1.165, 1.54) is 10.6 Å². The maximum atomic E-state index is 7.13. The topological polar surface area (TPSA) is 46.1 Å². The Morgan fingerprint density at radius 3 is 1.71 bits per heavy atom. The molecule has 0 aromatic rings. The summed E-state index contributed by atoms with van der Waals surface area (Å²) in [6, 6.07) is 0. The number of hydrogen-bond donors (Lipinski definition) is 0. The first-order valence-corrected chi connectivity index (χ1v) is 1.67. The Morgan fingerprint density at radius 1 is 1.71 bits per heavy atom. The molecule has 0 unspecified atom stereocenters. The molecule has 0 bridgehead atoms. The fourth-order valence-corrected chi connectivity index (χ4v) is 0. The van der Waals surface area contributed by atoms with E-state index in [4.69, 9.17) is 10.7 Å². The Bertz CT molecular complexity index is 80.2. The standard InChI is InChI=1S/CHNS.CNS.Cd/c2*2-1-3;/h3H;;/q;-1;+2/p-1. The number of thiocyanates is 1. The molecule has 0 N–H and O–H groups in total. The molecule has 0 saturated carbocycles. The van der Waals surface area contributed by atoms with Crippen molar-refractivity contribution in [2.24, 2.45) is 0 Å². The number of rotatable bonds is 0. The van der Waals surface area contributed by atoms with Crippen LogP contribution in [0.25, 0.3) is 5.41 Å². The number of nitriles is 1. The Labute approximate surface area is 73.0 Å². The van der Waals surface area contributed by atoms with Crippen molar-refractivity contribution in [1.29, 1.82) is 5.26 Å². The van der Waals surface area contributed by atoms with Gasteiger partial charge >= 0.3 is 27.3 Å². The monoisotopic (exact) mass is 230 g/mol. The summed E-state index contributed by atoms with van der Waals surface area (Å²) in [7, 11) is 0. The van der Waals surface area contributed by atoms with Crippen LogP contribution >= 0.6 is 12.2 Å². The largest absolute Gasteiger partial charge is 2.00 e. The SMILES string of the molecule is N#C[S-].[Cd+2].[N-]=C=S. The first-order valence-electron chi connectivity index (χ1n) is 0.855. The van der Waals surface area contributed by atoms with E-state index in [0.717, 1.165) is 0 Å². The van der Waals surface area contributed by atoms with Crippen molar-refractivity contribution < 1.29 is 27.3 Å². The van der Waals surface area contributed by atoms with Crippen LogP contribution in [0.1, 0.15) is 0 Å². The van der Waals surface area contributed by atoms with E-state index in [-0.39, 0.29) is 27.3 Å². The summed E-state index contributed by atoms with van der Waals surface area (Å²) in [5, 5.41) is 16.9. The molecule has 0 aromatic heterocycles. The average molecular weight is 229 g/mol. The van der Waals surface area contributed by atoms with Crippen LogP contribution in [0.5, 0.6) is 0 Å². The van der Waals surface area contributed by atoms with Gasteiger partial charge in [0.25, 0.3) is 0 Å². The molecule has 0 aromatic carbocycles. The number of nitrogens with zero attached hydrogens (tertiary/aromatic N) is 2. The normalized spacial score (nSPS) is 2.14. The molecular weight excluding hydrogens is 229 g/mol. The van der Waals surface area contributed by atoms with Gasteiger partial charge in [-0.2, -0.15) is 5.16 Å². The van der Waals surface area contributed by atoms with Crippen molar-refractivity contribution in [2.75, 3.05) is 0 Å². The summed E-state index contributed by atoms with van der Waals surface area (Å²) in [6.45, 7) is 0. The van der Waals surface area contributed by atoms with Crippen molar-refractivity contribution >= 4 is 30.0 Å². The maximum absolute atomic E-state index is 7.13. The molecule has 0 atom stereocenters. The third-order valence-electron chi connectivity index (χ3n) is 0. The van der Waals surface area contributed by atoms with Gasteiger partial charge in [-0.05, 0) is 0 Å². The van der Waals surface area contributed by atoms with Crippen LogP contribution in [0, 0.1) is 10.7 Å². The third-order valence-corrected chi connectivity index (χ3v) is 0. The van der Waals surface area contributed by atoms with Gasteiger partial charge in [-0.3, -0.25) is 0 Å². The van der Waals surface area contributed by atoms with Crippen molar-refractivity contribution in [1.82, 2.24) is 0 Å². The Morgan fingerprint density at radius 2 is 1.71 bits per heavy atom. The van der Waals surface area contributed by atoms with Crippen LogP contribution in [0.4, 0.5) is 0 Å². The summed E-state index contributed by atoms with van der Waals surface area (Å²) in [5.41, 5.74) is 0. The van der Waals surface area contributed by atoms with E-state index in [1.807, 2.05) is 0 Å². The molecule has 5 heteroatoms. The molecule has 32 valence electrons. The Kier molecular flexibility index (Phi) is 71.8. The first kappa shape index (κ1) is 15.7. The van der Waals surface area contributed by atoms with E-state index in [2.05, 4.69) is 24.8 Å². The van der Waals surface area contributed by atoms with E-state index in [0.29, 0.717) is 0 Å². The van der Waals surface area contributed by atoms with Crippen LogP contribution < -0.4 is 0 Å². The molecule has 0 aliphatic heterocycles. The molecule has 2 nitrogen and oxygen atoms in total. The second kappa shape index (κ2) is 32.1. The molecule has 0 aliphatic carbocycles. The summed E-state index contributed by atoms with van der Waals surface area (Å²) >= 11 is 7.40. The van der Waals surface area contributed by atoms with E-state index < -0.39 is 0 Å². The molecule has 0 rings (SSSR count). The van der Waals surface area contributed by atoms with Gasteiger partial charge in [0.15, 0.2) is 0 Å².